The Kier molecular flexibility index (Phi) is 8.07. The number of amides is 3. The van der Waals surface area contributed by atoms with Crippen molar-refractivity contribution in [3.63, 3.8) is 0 Å². The van der Waals surface area contributed by atoms with Crippen LogP contribution in [-0.4, -0.2) is 36.3 Å². The summed E-state index contributed by atoms with van der Waals surface area (Å²) in [6.45, 7) is 4.35. The third-order valence-corrected chi connectivity index (χ3v) is 3.32. The van der Waals surface area contributed by atoms with Crippen LogP contribution in [0.3, 0.4) is 0 Å². The maximum absolute atomic E-state index is 12.3. The smallest absolute Gasteiger partial charge is 0.329 e. The first kappa shape index (κ1) is 20.6. The van der Waals surface area contributed by atoms with Gasteiger partial charge in [-0.15, -0.1) is 0 Å². The van der Waals surface area contributed by atoms with E-state index >= 15 is 0 Å². The predicted octanol–water partition coefficient (Wildman–Crippen LogP) is 1.69. The Morgan fingerprint density at radius 2 is 1.72 bits per heavy atom. The van der Waals surface area contributed by atoms with Crippen LogP contribution in [0.15, 0.2) is 24.3 Å². The summed E-state index contributed by atoms with van der Waals surface area (Å²) in [5.41, 5.74) is 0.347. The van der Waals surface area contributed by atoms with E-state index < -0.39 is 36.3 Å². The van der Waals surface area contributed by atoms with E-state index in [1.165, 1.54) is 19.1 Å². The minimum atomic E-state index is -0.909. The molecule has 1 rings (SSSR count). The zero-order valence-electron chi connectivity index (χ0n) is 14.3. The first-order valence-electron chi connectivity index (χ1n) is 7.72. The Hall–Kier alpha value is -2.41. The molecule has 136 valence electrons. The monoisotopic (exact) mass is 368 g/mol. The molecular formula is C17H21ClN2O5. The molecule has 8 heteroatoms. The fourth-order valence-corrected chi connectivity index (χ4v) is 2.12. The van der Waals surface area contributed by atoms with E-state index in [1.807, 2.05) is 19.2 Å². The second-order valence-electron chi connectivity index (χ2n) is 5.87. The van der Waals surface area contributed by atoms with Crippen LogP contribution in [0.2, 0.25) is 5.02 Å². The first-order valence-corrected chi connectivity index (χ1v) is 8.10. The SMILES string of the molecule is CC(=O)NC(=O)COC(=O)C(CC(C)C)NC(=O)c1ccc(Cl)cc1. The van der Waals surface area contributed by atoms with Crippen molar-refractivity contribution in [2.75, 3.05) is 6.61 Å². The third kappa shape index (κ3) is 7.80. The quantitative estimate of drug-likeness (QED) is 0.713. The molecule has 0 heterocycles. The van der Waals surface area contributed by atoms with E-state index in [-0.39, 0.29) is 5.92 Å². The van der Waals surface area contributed by atoms with Gasteiger partial charge in [0.15, 0.2) is 6.61 Å². The summed E-state index contributed by atoms with van der Waals surface area (Å²) in [6.07, 6.45) is 0.340. The zero-order valence-corrected chi connectivity index (χ0v) is 15.1. The summed E-state index contributed by atoms with van der Waals surface area (Å²) in [5, 5.41) is 5.08. The fraction of sp³-hybridized carbons (Fsp3) is 0.412. The normalized spacial score (nSPS) is 11.6. The molecule has 1 unspecified atom stereocenters. The number of halogens is 1. The molecule has 0 aromatic heterocycles. The lowest BCUT2D eigenvalue weighted by molar-refractivity contribution is -0.151. The van der Waals surface area contributed by atoms with Crippen LogP contribution in [-0.2, 0) is 19.1 Å². The van der Waals surface area contributed by atoms with Gasteiger partial charge in [0.05, 0.1) is 0 Å². The first-order chi connectivity index (χ1) is 11.7. The van der Waals surface area contributed by atoms with Crippen LogP contribution in [0.25, 0.3) is 0 Å². The summed E-state index contributed by atoms with van der Waals surface area (Å²) in [4.78, 5) is 46.6. The number of hydrogen-bond acceptors (Lipinski definition) is 5. The largest absolute Gasteiger partial charge is 0.454 e. The molecule has 7 nitrogen and oxygen atoms in total. The molecule has 1 aromatic rings. The lowest BCUT2D eigenvalue weighted by Gasteiger charge is -2.19. The van der Waals surface area contributed by atoms with Crippen molar-refractivity contribution in [1.82, 2.24) is 10.6 Å². The summed E-state index contributed by atoms with van der Waals surface area (Å²) in [5.74, 6) is -2.36. The summed E-state index contributed by atoms with van der Waals surface area (Å²) >= 11 is 5.78. The number of hydrogen-bond donors (Lipinski definition) is 2. The molecule has 2 N–H and O–H groups in total. The average molecular weight is 369 g/mol. The van der Waals surface area contributed by atoms with E-state index in [9.17, 15) is 19.2 Å². The van der Waals surface area contributed by atoms with Gasteiger partial charge in [-0.1, -0.05) is 25.4 Å². The number of benzene rings is 1. The summed E-state index contributed by atoms with van der Waals surface area (Å²) < 4.78 is 4.88. The maximum atomic E-state index is 12.3. The molecule has 0 aliphatic carbocycles. The van der Waals surface area contributed by atoms with Gasteiger partial charge < -0.3 is 10.1 Å². The molecule has 0 bridgehead atoms. The Labute approximate surface area is 151 Å². The Bertz CT molecular complexity index is 643. The minimum absolute atomic E-state index is 0.106. The van der Waals surface area contributed by atoms with E-state index in [2.05, 4.69) is 5.32 Å². The van der Waals surface area contributed by atoms with Gasteiger partial charge in [0.2, 0.25) is 5.91 Å². The topological polar surface area (TPSA) is 102 Å². The van der Waals surface area contributed by atoms with Gasteiger partial charge in [-0.2, -0.15) is 0 Å². The number of imide groups is 1. The van der Waals surface area contributed by atoms with Crippen LogP contribution in [0, 0.1) is 5.92 Å². The lowest BCUT2D eigenvalue weighted by atomic mass is 10.0. The minimum Gasteiger partial charge on any atom is -0.454 e. The van der Waals surface area contributed by atoms with Crippen LogP contribution in [0.5, 0.6) is 0 Å². The predicted molar refractivity (Wildman–Crippen MR) is 91.9 cm³/mol. The van der Waals surface area contributed by atoms with Crippen molar-refractivity contribution in [2.45, 2.75) is 33.2 Å². The van der Waals surface area contributed by atoms with Crippen molar-refractivity contribution >= 4 is 35.3 Å². The van der Waals surface area contributed by atoms with Gasteiger partial charge in [-0.25, -0.2) is 4.79 Å². The molecule has 0 saturated heterocycles. The molecule has 25 heavy (non-hydrogen) atoms. The number of carbonyl (C=O) groups is 4. The highest BCUT2D eigenvalue weighted by Gasteiger charge is 2.24. The van der Waals surface area contributed by atoms with Gasteiger partial charge in [0.1, 0.15) is 6.04 Å². The fourth-order valence-electron chi connectivity index (χ4n) is 2.00. The zero-order chi connectivity index (χ0) is 19.0. The van der Waals surface area contributed by atoms with Gasteiger partial charge in [-0.3, -0.25) is 19.7 Å². The number of rotatable bonds is 7. The molecule has 0 spiro atoms. The van der Waals surface area contributed by atoms with E-state index in [1.54, 1.807) is 12.1 Å². The lowest BCUT2D eigenvalue weighted by Crippen LogP contribution is -2.44. The Morgan fingerprint density at radius 3 is 2.24 bits per heavy atom. The van der Waals surface area contributed by atoms with Crippen LogP contribution in [0.1, 0.15) is 37.6 Å². The van der Waals surface area contributed by atoms with Crippen molar-refractivity contribution < 1.29 is 23.9 Å². The third-order valence-electron chi connectivity index (χ3n) is 3.06. The van der Waals surface area contributed by atoms with Gasteiger partial charge >= 0.3 is 5.97 Å². The maximum Gasteiger partial charge on any atom is 0.329 e. The van der Waals surface area contributed by atoms with Crippen molar-refractivity contribution in [3.05, 3.63) is 34.9 Å². The highest BCUT2D eigenvalue weighted by Crippen LogP contribution is 2.11. The molecule has 0 aliphatic rings. The van der Waals surface area contributed by atoms with Crippen LogP contribution < -0.4 is 10.6 Å². The molecule has 0 fully saturated rings. The standard InChI is InChI=1S/C17H21ClN2O5/c1-10(2)8-14(17(24)25-9-15(22)19-11(3)21)20-16(23)12-4-6-13(18)7-5-12/h4-7,10,14H,8-9H2,1-3H3,(H,20,23)(H,19,21,22). The van der Waals surface area contributed by atoms with E-state index in [0.29, 0.717) is 17.0 Å². The molecule has 1 atom stereocenters. The summed E-state index contributed by atoms with van der Waals surface area (Å²) in [7, 11) is 0. The highest BCUT2D eigenvalue weighted by atomic mass is 35.5. The van der Waals surface area contributed by atoms with Crippen molar-refractivity contribution in [2.24, 2.45) is 5.92 Å². The van der Waals surface area contributed by atoms with Crippen molar-refractivity contribution in [3.8, 4) is 0 Å². The second kappa shape index (κ2) is 9.78. The molecular weight excluding hydrogens is 348 g/mol. The number of esters is 1. The molecule has 0 saturated carbocycles. The highest BCUT2D eigenvalue weighted by molar-refractivity contribution is 6.30. The Morgan fingerprint density at radius 1 is 1.12 bits per heavy atom. The number of carbonyl (C=O) groups excluding carboxylic acids is 4. The van der Waals surface area contributed by atoms with Crippen LogP contribution >= 0.6 is 11.6 Å². The average Bonchev–Trinajstić information content (AvgIpc) is 2.51. The molecule has 1 aromatic carbocycles. The number of nitrogens with one attached hydrogen (secondary N) is 2. The number of ether oxygens (including phenoxy) is 1. The van der Waals surface area contributed by atoms with Gasteiger partial charge in [0, 0.05) is 17.5 Å². The van der Waals surface area contributed by atoms with Gasteiger partial charge in [0.25, 0.3) is 11.8 Å². The van der Waals surface area contributed by atoms with Crippen LogP contribution in [0.4, 0.5) is 0 Å². The van der Waals surface area contributed by atoms with E-state index in [4.69, 9.17) is 16.3 Å². The molecule has 0 aliphatic heterocycles. The summed E-state index contributed by atoms with van der Waals surface area (Å²) in [6, 6.07) is 5.30. The Balaban J connectivity index is 2.70. The van der Waals surface area contributed by atoms with Crippen molar-refractivity contribution in [1.29, 1.82) is 0 Å². The van der Waals surface area contributed by atoms with Gasteiger partial charge in [-0.05, 0) is 36.6 Å². The second-order valence-corrected chi connectivity index (χ2v) is 6.31. The van der Waals surface area contributed by atoms with E-state index in [0.717, 1.165) is 0 Å². The molecule has 3 amide bonds. The molecule has 0 radical (unpaired) electrons.